The molecule has 0 radical (unpaired) electrons. The molecule has 0 atom stereocenters. The number of halogens is 2. The van der Waals surface area contributed by atoms with Crippen LogP contribution < -0.4 is 11.1 Å². The number of aryl methyl sites for hydroxylation is 1. The van der Waals surface area contributed by atoms with Gasteiger partial charge in [0.1, 0.15) is 12.4 Å². The van der Waals surface area contributed by atoms with E-state index in [0.29, 0.717) is 16.3 Å². The van der Waals surface area contributed by atoms with E-state index in [2.05, 4.69) is 25.8 Å². The van der Waals surface area contributed by atoms with Gasteiger partial charge in [-0.15, -0.1) is 5.10 Å². The summed E-state index contributed by atoms with van der Waals surface area (Å²) in [6, 6.07) is 10.8. The summed E-state index contributed by atoms with van der Waals surface area (Å²) in [4.78, 5) is 16.5. The van der Waals surface area contributed by atoms with E-state index in [-0.39, 0.29) is 41.5 Å². The predicted molar refractivity (Wildman–Crippen MR) is 108 cm³/mol. The van der Waals surface area contributed by atoms with Crippen molar-refractivity contribution in [3.8, 4) is 23.0 Å². The molecule has 11 heteroatoms. The van der Waals surface area contributed by atoms with Crippen LogP contribution in [0.25, 0.3) is 23.0 Å². The number of rotatable bonds is 5. The van der Waals surface area contributed by atoms with Crippen LogP contribution in [0.3, 0.4) is 0 Å². The number of anilines is 2. The van der Waals surface area contributed by atoms with Crippen LogP contribution in [0.4, 0.5) is 15.9 Å². The van der Waals surface area contributed by atoms with Gasteiger partial charge in [0.2, 0.25) is 11.7 Å². The molecule has 0 aliphatic carbocycles. The Balaban J connectivity index is 1.49. The Labute approximate surface area is 174 Å². The van der Waals surface area contributed by atoms with Crippen molar-refractivity contribution in [3.05, 3.63) is 58.9 Å². The van der Waals surface area contributed by atoms with Crippen LogP contribution in [0.2, 0.25) is 5.02 Å². The van der Waals surface area contributed by atoms with Crippen LogP contribution in [0.1, 0.15) is 5.56 Å². The summed E-state index contributed by atoms with van der Waals surface area (Å²) in [6.45, 7) is 1.69. The van der Waals surface area contributed by atoms with Gasteiger partial charge in [0.15, 0.2) is 11.5 Å². The smallest absolute Gasteiger partial charge is 0.282 e. The standard InChI is InChI=1S/C19H15ClFN7O2/c1-10-2-7-13(8-14(10)20)23-15(29)9-28-17(22)16(25-27-28)19-24-18(26-30-19)11-3-5-12(21)6-4-11/h2-8H,9,22H2,1H3,(H,23,29). The van der Waals surface area contributed by atoms with E-state index in [1.165, 1.54) is 28.9 Å². The van der Waals surface area contributed by atoms with Crippen molar-refractivity contribution >= 4 is 29.0 Å². The highest BCUT2D eigenvalue weighted by atomic mass is 35.5. The number of aromatic nitrogens is 5. The van der Waals surface area contributed by atoms with Gasteiger partial charge in [-0.25, -0.2) is 9.07 Å². The SMILES string of the molecule is Cc1ccc(NC(=O)Cn2nnc(-c3nc(-c4ccc(F)cc4)no3)c2N)cc1Cl. The van der Waals surface area contributed by atoms with Crippen LogP contribution in [-0.4, -0.2) is 31.0 Å². The minimum absolute atomic E-state index is 0.0313. The Morgan fingerprint density at radius 1 is 1.27 bits per heavy atom. The Morgan fingerprint density at radius 3 is 2.77 bits per heavy atom. The third kappa shape index (κ3) is 3.98. The van der Waals surface area contributed by atoms with Gasteiger partial charge >= 0.3 is 0 Å². The molecular weight excluding hydrogens is 413 g/mol. The molecule has 4 aromatic rings. The molecule has 1 amide bonds. The number of hydrogen-bond donors (Lipinski definition) is 2. The number of benzene rings is 2. The molecule has 30 heavy (non-hydrogen) atoms. The third-order valence-corrected chi connectivity index (χ3v) is 4.66. The summed E-state index contributed by atoms with van der Waals surface area (Å²) < 4.78 is 19.5. The topological polar surface area (TPSA) is 125 Å². The monoisotopic (exact) mass is 427 g/mol. The van der Waals surface area contributed by atoms with Crippen LogP contribution in [0.5, 0.6) is 0 Å². The molecular formula is C19H15ClFN7O2. The van der Waals surface area contributed by atoms with Crippen LogP contribution in [0, 0.1) is 12.7 Å². The second kappa shape index (κ2) is 7.91. The number of hydrogen-bond acceptors (Lipinski definition) is 7. The summed E-state index contributed by atoms with van der Waals surface area (Å²) in [5.41, 5.74) is 8.21. The lowest BCUT2D eigenvalue weighted by molar-refractivity contribution is -0.116. The molecule has 0 aliphatic heterocycles. The van der Waals surface area contributed by atoms with E-state index in [9.17, 15) is 9.18 Å². The molecule has 2 heterocycles. The lowest BCUT2D eigenvalue weighted by Gasteiger charge is -2.07. The highest BCUT2D eigenvalue weighted by molar-refractivity contribution is 6.31. The first-order valence-electron chi connectivity index (χ1n) is 8.75. The van der Waals surface area contributed by atoms with Crippen molar-refractivity contribution in [3.63, 3.8) is 0 Å². The molecule has 0 aliphatic rings. The largest absolute Gasteiger partial charge is 0.382 e. The van der Waals surface area contributed by atoms with Crippen LogP contribution in [0.15, 0.2) is 47.0 Å². The normalized spacial score (nSPS) is 10.9. The predicted octanol–water partition coefficient (Wildman–Crippen LogP) is 3.32. The molecule has 0 unspecified atom stereocenters. The van der Waals surface area contributed by atoms with Gasteiger partial charge in [-0.1, -0.05) is 28.0 Å². The van der Waals surface area contributed by atoms with Gasteiger partial charge < -0.3 is 15.6 Å². The zero-order valence-corrected chi connectivity index (χ0v) is 16.4. The van der Waals surface area contributed by atoms with Crippen LogP contribution in [-0.2, 0) is 11.3 Å². The number of nitrogens with zero attached hydrogens (tertiary/aromatic N) is 5. The highest BCUT2D eigenvalue weighted by Crippen LogP contribution is 2.25. The first-order chi connectivity index (χ1) is 14.4. The molecule has 0 spiro atoms. The van der Waals surface area contributed by atoms with Crippen molar-refractivity contribution in [2.24, 2.45) is 0 Å². The summed E-state index contributed by atoms with van der Waals surface area (Å²) in [7, 11) is 0. The molecule has 3 N–H and O–H groups in total. The van der Waals surface area contributed by atoms with Crippen LogP contribution >= 0.6 is 11.6 Å². The number of nitrogens with two attached hydrogens (primary N) is 1. The first kappa shape index (κ1) is 19.5. The fraction of sp³-hybridized carbons (Fsp3) is 0.105. The molecule has 152 valence electrons. The van der Waals surface area contributed by atoms with Gasteiger partial charge in [0.05, 0.1) is 0 Å². The maximum Gasteiger partial charge on any atom is 0.282 e. The minimum atomic E-state index is -0.374. The van der Waals surface area contributed by atoms with Crippen molar-refractivity contribution in [1.29, 1.82) is 0 Å². The van der Waals surface area contributed by atoms with E-state index in [4.69, 9.17) is 21.9 Å². The molecule has 9 nitrogen and oxygen atoms in total. The van der Waals surface area contributed by atoms with Crippen molar-refractivity contribution in [2.75, 3.05) is 11.1 Å². The quantitative estimate of drug-likeness (QED) is 0.500. The van der Waals surface area contributed by atoms with Gasteiger partial charge in [-0.05, 0) is 48.9 Å². The molecule has 0 saturated carbocycles. The fourth-order valence-corrected chi connectivity index (χ4v) is 2.81. The Kier molecular flexibility index (Phi) is 5.15. The lowest BCUT2D eigenvalue weighted by atomic mass is 10.2. The fourth-order valence-electron chi connectivity index (χ4n) is 2.63. The van der Waals surface area contributed by atoms with Gasteiger partial charge in [-0.3, -0.25) is 4.79 Å². The number of carbonyl (C=O) groups excluding carboxylic acids is 1. The second-order valence-electron chi connectivity index (χ2n) is 6.42. The summed E-state index contributed by atoms with van der Waals surface area (Å²) >= 11 is 6.07. The molecule has 2 aromatic heterocycles. The van der Waals surface area contributed by atoms with Crippen molar-refractivity contribution < 1.29 is 13.7 Å². The lowest BCUT2D eigenvalue weighted by Crippen LogP contribution is -2.20. The Morgan fingerprint density at radius 2 is 2.03 bits per heavy atom. The maximum absolute atomic E-state index is 13.1. The van der Waals surface area contributed by atoms with Gasteiger partial charge in [-0.2, -0.15) is 4.98 Å². The number of carbonyl (C=O) groups is 1. The van der Waals surface area contributed by atoms with Crippen molar-refractivity contribution in [1.82, 2.24) is 25.1 Å². The van der Waals surface area contributed by atoms with E-state index in [0.717, 1.165) is 5.56 Å². The Bertz CT molecular complexity index is 1220. The molecule has 0 bridgehead atoms. The highest BCUT2D eigenvalue weighted by Gasteiger charge is 2.20. The molecule has 2 aromatic carbocycles. The minimum Gasteiger partial charge on any atom is -0.382 e. The summed E-state index contributed by atoms with van der Waals surface area (Å²) in [6.07, 6.45) is 0. The number of amides is 1. The maximum atomic E-state index is 13.1. The second-order valence-corrected chi connectivity index (χ2v) is 6.83. The van der Waals surface area contributed by atoms with E-state index in [1.807, 2.05) is 6.92 Å². The van der Waals surface area contributed by atoms with Crippen molar-refractivity contribution in [2.45, 2.75) is 13.5 Å². The third-order valence-electron chi connectivity index (χ3n) is 4.25. The number of nitrogens with one attached hydrogen (secondary N) is 1. The first-order valence-corrected chi connectivity index (χ1v) is 9.13. The average molecular weight is 428 g/mol. The molecule has 0 saturated heterocycles. The zero-order valence-electron chi connectivity index (χ0n) is 15.6. The Hall–Kier alpha value is -3.79. The number of nitrogen functional groups attached to an aromatic ring is 1. The van der Waals surface area contributed by atoms with Gasteiger partial charge in [0, 0.05) is 16.3 Å². The van der Waals surface area contributed by atoms with E-state index >= 15 is 0 Å². The summed E-state index contributed by atoms with van der Waals surface area (Å²) in [5.74, 6) is -0.380. The summed E-state index contributed by atoms with van der Waals surface area (Å²) in [5, 5.41) is 14.9. The molecule has 0 fully saturated rings. The molecule has 4 rings (SSSR count). The average Bonchev–Trinajstić information content (AvgIpc) is 3.33. The van der Waals surface area contributed by atoms with E-state index < -0.39 is 0 Å². The van der Waals surface area contributed by atoms with E-state index in [1.54, 1.807) is 18.2 Å². The zero-order chi connectivity index (χ0) is 21.3. The van der Waals surface area contributed by atoms with Gasteiger partial charge in [0.25, 0.3) is 5.89 Å².